The van der Waals surface area contributed by atoms with Gasteiger partial charge in [-0.05, 0) is 18.2 Å². The summed E-state index contributed by atoms with van der Waals surface area (Å²) in [5.41, 5.74) is -0.843. The van der Waals surface area contributed by atoms with Crippen molar-refractivity contribution < 1.29 is 28.5 Å². The van der Waals surface area contributed by atoms with Crippen molar-refractivity contribution in [1.29, 1.82) is 0 Å². The Hall–Kier alpha value is -2.64. The van der Waals surface area contributed by atoms with Gasteiger partial charge in [0.1, 0.15) is 17.2 Å². The van der Waals surface area contributed by atoms with Crippen molar-refractivity contribution in [2.45, 2.75) is 6.43 Å². The first kappa shape index (κ1) is 13.8. The molecule has 0 fully saturated rings. The number of nitrogens with one attached hydrogen (secondary N) is 1. The molecule has 1 aromatic heterocycles. The van der Waals surface area contributed by atoms with E-state index in [1.54, 1.807) is 0 Å². The number of hydrogen-bond acceptors (Lipinski definition) is 4. The fourth-order valence-electron chi connectivity index (χ4n) is 1.68. The van der Waals surface area contributed by atoms with Gasteiger partial charge in [0.05, 0.1) is 18.4 Å². The predicted molar refractivity (Wildman–Crippen MR) is 64.2 cm³/mol. The Bertz CT molecular complexity index is 655. The number of benzene rings is 1. The molecule has 0 amide bonds. The summed E-state index contributed by atoms with van der Waals surface area (Å²) in [4.78, 5) is 10.8. The topological polar surface area (TPSA) is 95.4 Å². The number of carboxylic acids is 1. The van der Waals surface area contributed by atoms with Gasteiger partial charge in [0, 0.05) is 5.56 Å². The van der Waals surface area contributed by atoms with Gasteiger partial charge in [0.2, 0.25) is 0 Å². The number of carboxylic acid groups (broad SMARTS) is 1. The smallest absolute Gasteiger partial charge is 0.353 e. The number of hydrogen-bond donors (Lipinski definition) is 3. The second-order valence-electron chi connectivity index (χ2n) is 3.89. The maximum Gasteiger partial charge on any atom is 0.353 e. The van der Waals surface area contributed by atoms with Gasteiger partial charge in [-0.3, -0.25) is 5.10 Å². The number of phenolic OH excluding ortho intramolecular Hbond substituents is 1. The van der Waals surface area contributed by atoms with E-state index in [0.29, 0.717) is 0 Å². The van der Waals surface area contributed by atoms with Crippen LogP contribution in [0.15, 0.2) is 18.2 Å². The van der Waals surface area contributed by atoms with Crippen LogP contribution in [0.2, 0.25) is 0 Å². The average Bonchev–Trinajstić information content (AvgIpc) is 2.88. The van der Waals surface area contributed by atoms with Crippen LogP contribution in [0, 0.1) is 0 Å². The number of nitrogens with zero attached hydrogens (tertiary/aromatic N) is 1. The molecule has 0 aliphatic carbocycles. The lowest BCUT2D eigenvalue weighted by Crippen LogP contribution is -1.95. The van der Waals surface area contributed by atoms with E-state index >= 15 is 0 Å². The summed E-state index contributed by atoms with van der Waals surface area (Å²) in [6.07, 6.45) is -2.90. The third-order valence-corrected chi connectivity index (χ3v) is 2.67. The number of carbonyl (C=O) groups is 1. The number of aromatic amines is 1. The lowest BCUT2D eigenvalue weighted by atomic mass is 10.1. The number of phenols is 1. The van der Waals surface area contributed by atoms with Crippen molar-refractivity contribution in [2.24, 2.45) is 0 Å². The van der Waals surface area contributed by atoms with Crippen molar-refractivity contribution >= 4 is 5.97 Å². The van der Waals surface area contributed by atoms with E-state index in [2.05, 4.69) is 10.2 Å². The number of alkyl halides is 2. The quantitative estimate of drug-likeness (QED) is 0.801. The summed E-state index contributed by atoms with van der Waals surface area (Å²) in [5, 5.41) is 24.5. The molecule has 0 bridgehead atoms. The lowest BCUT2D eigenvalue weighted by Gasteiger charge is -2.10. The molecule has 0 radical (unpaired) electrons. The molecule has 8 heteroatoms. The number of H-pyrrole nitrogens is 1. The first-order chi connectivity index (χ1) is 9.43. The van der Waals surface area contributed by atoms with Crippen molar-refractivity contribution in [3.8, 4) is 22.8 Å². The van der Waals surface area contributed by atoms with Crippen LogP contribution in [-0.2, 0) is 0 Å². The summed E-state index contributed by atoms with van der Waals surface area (Å²) in [5.74, 6) is -1.81. The Morgan fingerprint density at radius 3 is 2.60 bits per heavy atom. The average molecular weight is 284 g/mol. The van der Waals surface area contributed by atoms with Crippen LogP contribution < -0.4 is 4.74 Å². The maximum atomic E-state index is 12.8. The minimum atomic E-state index is -2.90. The molecule has 0 aliphatic heterocycles. The summed E-state index contributed by atoms with van der Waals surface area (Å²) in [7, 11) is 1.29. The number of rotatable bonds is 4. The zero-order valence-corrected chi connectivity index (χ0v) is 10.2. The molecule has 0 aliphatic rings. The number of halogens is 2. The molecule has 1 heterocycles. The molecule has 6 nitrogen and oxygen atoms in total. The highest BCUT2D eigenvalue weighted by Crippen LogP contribution is 2.39. The molecule has 0 atom stereocenters. The van der Waals surface area contributed by atoms with E-state index in [4.69, 9.17) is 9.84 Å². The predicted octanol–water partition coefficient (Wildman–Crippen LogP) is 2.43. The largest absolute Gasteiger partial charge is 0.507 e. The summed E-state index contributed by atoms with van der Waals surface area (Å²) in [6.45, 7) is 0. The molecular formula is C12H10F2N2O4. The summed E-state index contributed by atoms with van der Waals surface area (Å²) < 4.78 is 30.5. The molecular weight excluding hydrogens is 274 g/mol. The zero-order valence-electron chi connectivity index (χ0n) is 10.2. The fraction of sp³-hybridized carbons (Fsp3) is 0.167. The number of methoxy groups -OCH3 is 1. The Labute approximate surface area is 111 Å². The van der Waals surface area contributed by atoms with Gasteiger partial charge in [0.25, 0.3) is 6.43 Å². The zero-order chi connectivity index (χ0) is 14.9. The molecule has 0 spiro atoms. The minimum absolute atomic E-state index is 0.0284. The maximum absolute atomic E-state index is 12.8. The highest BCUT2D eigenvalue weighted by Gasteiger charge is 2.21. The van der Waals surface area contributed by atoms with Gasteiger partial charge in [0.15, 0.2) is 0 Å². The van der Waals surface area contributed by atoms with Gasteiger partial charge in [-0.2, -0.15) is 5.10 Å². The van der Waals surface area contributed by atoms with Crippen molar-refractivity contribution in [3.05, 3.63) is 29.5 Å². The van der Waals surface area contributed by atoms with Crippen LogP contribution in [0.4, 0.5) is 8.78 Å². The van der Waals surface area contributed by atoms with E-state index < -0.39 is 23.7 Å². The molecule has 20 heavy (non-hydrogen) atoms. The van der Waals surface area contributed by atoms with E-state index in [-0.39, 0.29) is 22.7 Å². The second kappa shape index (κ2) is 5.16. The molecule has 106 valence electrons. The Morgan fingerprint density at radius 2 is 2.10 bits per heavy atom. The molecule has 0 saturated carbocycles. The van der Waals surface area contributed by atoms with Gasteiger partial charge in [-0.1, -0.05) is 0 Å². The Morgan fingerprint density at radius 1 is 1.40 bits per heavy atom. The van der Waals surface area contributed by atoms with Gasteiger partial charge in [-0.15, -0.1) is 0 Å². The summed E-state index contributed by atoms with van der Waals surface area (Å²) >= 11 is 0. The molecule has 3 N–H and O–H groups in total. The van der Waals surface area contributed by atoms with Crippen molar-refractivity contribution in [3.63, 3.8) is 0 Å². The lowest BCUT2D eigenvalue weighted by molar-refractivity contribution is 0.0690. The van der Waals surface area contributed by atoms with E-state index in [1.807, 2.05) is 0 Å². The van der Waals surface area contributed by atoms with Crippen LogP contribution in [-0.4, -0.2) is 33.5 Å². The Kier molecular flexibility index (Phi) is 3.55. The molecule has 0 saturated heterocycles. The summed E-state index contributed by atoms with van der Waals surface area (Å²) in [6, 6.07) is 3.43. The van der Waals surface area contributed by atoms with E-state index in [1.165, 1.54) is 13.2 Å². The highest BCUT2D eigenvalue weighted by atomic mass is 19.3. The van der Waals surface area contributed by atoms with E-state index in [9.17, 15) is 18.7 Å². The van der Waals surface area contributed by atoms with Gasteiger partial charge >= 0.3 is 5.97 Å². The molecule has 1 aromatic carbocycles. The standard InChI is InChI=1S/C12H10F2N2O4/c1-20-5-2-6(10(17)7(3-5)11(13)14)8-4-9(12(18)19)16-15-8/h2-4,11,17H,1H3,(H,15,16)(H,18,19). The van der Waals surface area contributed by atoms with Crippen LogP contribution in [0.1, 0.15) is 22.5 Å². The normalized spacial score (nSPS) is 10.8. The van der Waals surface area contributed by atoms with Gasteiger partial charge in [-0.25, -0.2) is 13.6 Å². The first-order valence-electron chi connectivity index (χ1n) is 5.42. The number of aromatic hydroxyl groups is 1. The van der Waals surface area contributed by atoms with Gasteiger partial charge < -0.3 is 14.9 Å². The third kappa shape index (κ3) is 2.40. The third-order valence-electron chi connectivity index (χ3n) is 2.67. The molecule has 0 unspecified atom stereocenters. The highest BCUT2D eigenvalue weighted by molar-refractivity contribution is 5.87. The number of ether oxygens (including phenoxy) is 1. The van der Waals surface area contributed by atoms with Crippen molar-refractivity contribution in [1.82, 2.24) is 10.2 Å². The number of aromatic carboxylic acids is 1. The first-order valence-corrected chi connectivity index (χ1v) is 5.42. The van der Waals surface area contributed by atoms with Crippen LogP contribution in [0.5, 0.6) is 11.5 Å². The monoisotopic (exact) mass is 284 g/mol. The van der Waals surface area contributed by atoms with Crippen molar-refractivity contribution in [2.75, 3.05) is 7.11 Å². The second-order valence-corrected chi connectivity index (χ2v) is 3.89. The fourth-order valence-corrected chi connectivity index (χ4v) is 1.68. The number of aromatic nitrogens is 2. The molecule has 2 rings (SSSR count). The minimum Gasteiger partial charge on any atom is -0.507 e. The van der Waals surface area contributed by atoms with Crippen LogP contribution >= 0.6 is 0 Å². The SMILES string of the molecule is COc1cc(-c2cc(C(=O)O)[nH]n2)c(O)c(C(F)F)c1. The van der Waals surface area contributed by atoms with Crippen LogP contribution in [0.3, 0.4) is 0 Å². The Balaban J connectivity index is 2.59. The van der Waals surface area contributed by atoms with Crippen LogP contribution in [0.25, 0.3) is 11.3 Å². The van der Waals surface area contributed by atoms with E-state index in [0.717, 1.165) is 12.1 Å². The molecule has 2 aromatic rings.